The highest BCUT2D eigenvalue weighted by atomic mass is 16.2. The van der Waals surface area contributed by atoms with E-state index >= 15 is 0 Å². The van der Waals surface area contributed by atoms with E-state index < -0.39 is 0 Å². The number of carbonyl (C=O) groups excluding carboxylic acids is 1. The van der Waals surface area contributed by atoms with Crippen molar-refractivity contribution >= 4 is 11.7 Å². The molecular formula is C18H29N3O. The van der Waals surface area contributed by atoms with Crippen LogP contribution in [-0.2, 0) is 6.42 Å². The standard InChI is InChI=1S/C18H29N3O/c1-4-15-7-5-6-8-17(15)20-18(22)19-16-9-11-21(12-10-16)13-14(2)3/h5-8,14,16H,4,9-13H2,1-3H3,(H2,19,20,22). The molecule has 0 spiro atoms. The van der Waals surface area contributed by atoms with E-state index in [1.807, 2.05) is 18.2 Å². The Hall–Kier alpha value is -1.55. The normalized spacial score (nSPS) is 16.7. The van der Waals surface area contributed by atoms with Gasteiger partial charge in [0.25, 0.3) is 0 Å². The molecule has 0 atom stereocenters. The number of carbonyl (C=O) groups is 1. The molecule has 1 aromatic rings. The number of urea groups is 1. The Balaban J connectivity index is 1.79. The maximum atomic E-state index is 12.2. The number of nitrogens with zero attached hydrogens (tertiary/aromatic N) is 1. The molecule has 0 aliphatic carbocycles. The van der Waals surface area contributed by atoms with Crippen molar-refractivity contribution < 1.29 is 4.79 Å². The Labute approximate surface area is 134 Å². The number of hydrogen-bond donors (Lipinski definition) is 2. The molecule has 0 radical (unpaired) electrons. The summed E-state index contributed by atoms with van der Waals surface area (Å²) in [6.45, 7) is 9.92. The number of hydrogen-bond acceptors (Lipinski definition) is 2. The SMILES string of the molecule is CCc1ccccc1NC(=O)NC1CCN(CC(C)C)CC1. The summed E-state index contributed by atoms with van der Waals surface area (Å²) in [6, 6.07) is 8.19. The van der Waals surface area contributed by atoms with Crippen molar-refractivity contribution in [3.8, 4) is 0 Å². The minimum Gasteiger partial charge on any atom is -0.335 e. The first kappa shape index (κ1) is 16.8. The monoisotopic (exact) mass is 303 g/mol. The van der Waals surface area contributed by atoms with Gasteiger partial charge in [-0.05, 0) is 36.8 Å². The molecule has 122 valence electrons. The second-order valence-electron chi connectivity index (χ2n) is 6.58. The van der Waals surface area contributed by atoms with Gasteiger partial charge in [0.15, 0.2) is 0 Å². The molecule has 0 saturated carbocycles. The number of rotatable bonds is 5. The van der Waals surface area contributed by atoms with Crippen LogP contribution in [-0.4, -0.2) is 36.6 Å². The van der Waals surface area contributed by atoms with Crippen LogP contribution in [0.3, 0.4) is 0 Å². The van der Waals surface area contributed by atoms with Crippen LogP contribution in [0, 0.1) is 5.92 Å². The average molecular weight is 303 g/mol. The Morgan fingerprint density at radius 1 is 1.27 bits per heavy atom. The first-order valence-corrected chi connectivity index (χ1v) is 8.46. The predicted octanol–water partition coefficient (Wildman–Crippen LogP) is 3.49. The molecule has 1 aliphatic rings. The summed E-state index contributed by atoms with van der Waals surface area (Å²) in [5.41, 5.74) is 2.09. The van der Waals surface area contributed by atoms with Crippen molar-refractivity contribution in [2.75, 3.05) is 25.0 Å². The highest BCUT2D eigenvalue weighted by molar-refractivity contribution is 5.90. The third kappa shape index (κ3) is 5.02. The van der Waals surface area contributed by atoms with Crippen LogP contribution < -0.4 is 10.6 Å². The van der Waals surface area contributed by atoms with Gasteiger partial charge in [0, 0.05) is 31.4 Å². The van der Waals surface area contributed by atoms with E-state index in [2.05, 4.69) is 42.4 Å². The lowest BCUT2D eigenvalue weighted by molar-refractivity contribution is 0.180. The highest BCUT2D eigenvalue weighted by Crippen LogP contribution is 2.16. The molecule has 1 heterocycles. The number of nitrogens with one attached hydrogen (secondary N) is 2. The first-order valence-electron chi connectivity index (χ1n) is 8.46. The molecular weight excluding hydrogens is 274 g/mol. The van der Waals surface area contributed by atoms with Gasteiger partial charge in [0.1, 0.15) is 0 Å². The summed E-state index contributed by atoms with van der Waals surface area (Å²) in [4.78, 5) is 14.7. The number of benzene rings is 1. The molecule has 0 bridgehead atoms. The maximum Gasteiger partial charge on any atom is 0.319 e. The molecule has 2 N–H and O–H groups in total. The molecule has 1 fully saturated rings. The van der Waals surface area contributed by atoms with Crippen molar-refractivity contribution in [2.24, 2.45) is 5.92 Å². The smallest absolute Gasteiger partial charge is 0.319 e. The zero-order chi connectivity index (χ0) is 15.9. The number of aryl methyl sites for hydroxylation is 1. The van der Waals surface area contributed by atoms with E-state index in [1.54, 1.807) is 0 Å². The van der Waals surface area contributed by atoms with Crippen LogP contribution in [0.5, 0.6) is 0 Å². The Bertz CT molecular complexity index is 479. The molecule has 4 heteroatoms. The Kier molecular flexibility index (Phi) is 6.25. The molecule has 2 amide bonds. The minimum atomic E-state index is -0.0804. The molecule has 1 aromatic carbocycles. The molecule has 4 nitrogen and oxygen atoms in total. The molecule has 1 saturated heterocycles. The largest absolute Gasteiger partial charge is 0.335 e. The third-order valence-electron chi connectivity index (χ3n) is 4.19. The molecule has 0 aromatic heterocycles. The van der Waals surface area contributed by atoms with Gasteiger partial charge in [0.05, 0.1) is 0 Å². The van der Waals surface area contributed by atoms with Crippen molar-refractivity contribution in [3.05, 3.63) is 29.8 Å². The lowest BCUT2D eigenvalue weighted by Gasteiger charge is -2.33. The van der Waals surface area contributed by atoms with Crippen molar-refractivity contribution in [1.29, 1.82) is 0 Å². The quantitative estimate of drug-likeness (QED) is 0.874. The van der Waals surface area contributed by atoms with Crippen LogP contribution in [0.1, 0.15) is 39.2 Å². The van der Waals surface area contributed by atoms with Crippen molar-refractivity contribution in [1.82, 2.24) is 10.2 Å². The van der Waals surface area contributed by atoms with Gasteiger partial charge < -0.3 is 15.5 Å². The van der Waals surface area contributed by atoms with E-state index in [-0.39, 0.29) is 12.1 Å². The molecule has 22 heavy (non-hydrogen) atoms. The topological polar surface area (TPSA) is 44.4 Å². The summed E-state index contributed by atoms with van der Waals surface area (Å²) < 4.78 is 0. The van der Waals surface area contributed by atoms with Gasteiger partial charge in [-0.1, -0.05) is 39.0 Å². The minimum absolute atomic E-state index is 0.0804. The molecule has 0 unspecified atom stereocenters. The predicted molar refractivity (Wildman–Crippen MR) is 92.3 cm³/mol. The fourth-order valence-electron chi connectivity index (χ4n) is 3.07. The number of amides is 2. The van der Waals surface area contributed by atoms with E-state index in [0.29, 0.717) is 5.92 Å². The first-order chi connectivity index (χ1) is 10.6. The summed E-state index contributed by atoms with van der Waals surface area (Å²) in [7, 11) is 0. The number of likely N-dealkylation sites (tertiary alicyclic amines) is 1. The Morgan fingerprint density at radius 3 is 2.59 bits per heavy atom. The summed E-state index contributed by atoms with van der Waals surface area (Å²) >= 11 is 0. The number of anilines is 1. The van der Waals surface area contributed by atoms with E-state index in [0.717, 1.165) is 44.6 Å². The number of para-hydroxylation sites is 1. The second kappa shape index (κ2) is 8.18. The van der Waals surface area contributed by atoms with Crippen LogP contribution in [0.15, 0.2) is 24.3 Å². The van der Waals surface area contributed by atoms with E-state index in [1.165, 1.54) is 5.56 Å². The zero-order valence-electron chi connectivity index (χ0n) is 14.1. The van der Waals surface area contributed by atoms with Gasteiger partial charge in [-0.3, -0.25) is 0 Å². The van der Waals surface area contributed by atoms with Crippen molar-refractivity contribution in [2.45, 2.75) is 46.1 Å². The summed E-state index contributed by atoms with van der Waals surface area (Å²) in [5.74, 6) is 0.707. The number of piperidine rings is 1. The average Bonchev–Trinajstić information content (AvgIpc) is 2.49. The molecule has 1 aliphatic heterocycles. The fourth-order valence-corrected chi connectivity index (χ4v) is 3.07. The van der Waals surface area contributed by atoms with Crippen LogP contribution in [0.25, 0.3) is 0 Å². The van der Waals surface area contributed by atoms with Gasteiger partial charge in [-0.2, -0.15) is 0 Å². The van der Waals surface area contributed by atoms with Gasteiger partial charge in [-0.25, -0.2) is 4.79 Å². The van der Waals surface area contributed by atoms with Crippen molar-refractivity contribution in [3.63, 3.8) is 0 Å². The van der Waals surface area contributed by atoms with E-state index in [9.17, 15) is 4.79 Å². The van der Waals surface area contributed by atoms with Gasteiger partial charge in [0.2, 0.25) is 0 Å². The maximum absolute atomic E-state index is 12.2. The lowest BCUT2D eigenvalue weighted by atomic mass is 10.0. The van der Waals surface area contributed by atoms with Crippen LogP contribution in [0.2, 0.25) is 0 Å². The summed E-state index contributed by atoms with van der Waals surface area (Å²) in [5, 5.41) is 6.10. The van der Waals surface area contributed by atoms with Crippen LogP contribution >= 0.6 is 0 Å². The lowest BCUT2D eigenvalue weighted by Crippen LogP contribution is -2.46. The van der Waals surface area contributed by atoms with Crippen LogP contribution in [0.4, 0.5) is 10.5 Å². The highest BCUT2D eigenvalue weighted by Gasteiger charge is 2.21. The van der Waals surface area contributed by atoms with E-state index in [4.69, 9.17) is 0 Å². The zero-order valence-corrected chi connectivity index (χ0v) is 14.1. The third-order valence-corrected chi connectivity index (χ3v) is 4.19. The molecule has 2 rings (SSSR count). The fraction of sp³-hybridized carbons (Fsp3) is 0.611. The Morgan fingerprint density at radius 2 is 1.95 bits per heavy atom. The van der Waals surface area contributed by atoms with Gasteiger partial charge in [-0.15, -0.1) is 0 Å². The van der Waals surface area contributed by atoms with Gasteiger partial charge >= 0.3 is 6.03 Å². The second-order valence-corrected chi connectivity index (χ2v) is 6.58. The summed E-state index contributed by atoms with van der Waals surface area (Å²) in [6.07, 6.45) is 3.00.